The predicted molar refractivity (Wildman–Crippen MR) is 80.5 cm³/mol. The standard InChI is InChI=1S/C16H29N3O/c1-4-14-11-20-9-8-19(14)15-6-5-7-16(10-15,12-17)18-13(2)3/h13-15,18H,4-11H2,1-3H3. The van der Waals surface area contributed by atoms with Crippen LogP contribution in [0.2, 0.25) is 0 Å². The van der Waals surface area contributed by atoms with E-state index >= 15 is 0 Å². The fourth-order valence-corrected chi connectivity index (χ4v) is 3.85. The highest BCUT2D eigenvalue weighted by Crippen LogP contribution is 2.33. The Balaban J connectivity index is 2.07. The van der Waals surface area contributed by atoms with Crippen LogP contribution in [0.4, 0.5) is 0 Å². The molecule has 1 aliphatic carbocycles. The minimum Gasteiger partial charge on any atom is -0.378 e. The molecule has 1 aliphatic heterocycles. The van der Waals surface area contributed by atoms with Crippen molar-refractivity contribution in [1.29, 1.82) is 5.26 Å². The first-order valence-electron chi connectivity index (χ1n) is 8.12. The van der Waals surface area contributed by atoms with Crippen molar-refractivity contribution in [3.63, 3.8) is 0 Å². The Morgan fingerprint density at radius 2 is 2.30 bits per heavy atom. The molecule has 0 amide bonds. The summed E-state index contributed by atoms with van der Waals surface area (Å²) in [4.78, 5) is 2.61. The Kier molecular flexibility index (Phi) is 5.42. The van der Waals surface area contributed by atoms with Gasteiger partial charge < -0.3 is 4.74 Å². The van der Waals surface area contributed by atoms with Gasteiger partial charge in [-0.2, -0.15) is 5.26 Å². The van der Waals surface area contributed by atoms with Crippen LogP contribution in [0.5, 0.6) is 0 Å². The summed E-state index contributed by atoms with van der Waals surface area (Å²) >= 11 is 0. The van der Waals surface area contributed by atoms with E-state index in [1.165, 1.54) is 6.42 Å². The molecule has 3 unspecified atom stereocenters. The van der Waals surface area contributed by atoms with Gasteiger partial charge in [0.1, 0.15) is 5.54 Å². The predicted octanol–water partition coefficient (Wildman–Crippen LogP) is 2.30. The molecule has 0 bridgehead atoms. The van der Waals surface area contributed by atoms with Gasteiger partial charge in [0.25, 0.3) is 0 Å². The van der Waals surface area contributed by atoms with Crippen LogP contribution in [0, 0.1) is 11.3 Å². The lowest BCUT2D eigenvalue weighted by molar-refractivity contribution is -0.0428. The van der Waals surface area contributed by atoms with E-state index in [0.29, 0.717) is 18.1 Å². The van der Waals surface area contributed by atoms with E-state index in [1.807, 2.05) is 0 Å². The molecule has 0 radical (unpaired) electrons. The van der Waals surface area contributed by atoms with E-state index < -0.39 is 0 Å². The van der Waals surface area contributed by atoms with Crippen LogP contribution in [0.25, 0.3) is 0 Å². The van der Waals surface area contributed by atoms with Crippen molar-refractivity contribution in [1.82, 2.24) is 10.2 Å². The third-order valence-corrected chi connectivity index (χ3v) is 4.72. The van der Waals surface area contributed by atoms with Crippen molar-refractivity contribution < 1.29 is 4.74 Å². The first kappa shape index (κ1) is 15.8. The van der Waals surface area contributed by atoms with Crippen molar-refractivity contribution >= 4 is 0 Å². The van der Waals surface area contributed by atoms with Gasteiger partial charge in [-0.25, -0.2) is 0 Å². The normalized spacial score (nSPS) is 36.0. The summed E-state index contributed by atoms with van der Waals surface area (Å²) in [7, 11) is 0. The molecule has 2 fully saturated rings. The fraction of sp³-hybridized carbons (Fsp3) is 0.938. The molecule has 4 nitrogen and oxygen atoms in total. The SMILES string of the molecule is CCC1COCCN1C1CCCC(C#N)(NC(C)C)C1. The zero-order valence-corrected chi connectivity index (χ0v) is 13.2. The quantitative estimate of drug-likeness (QED) is 0.858. The average Bonchev–Trinajstić information content (AvgIpc) is 2.46. The minimum absolute atomic E-state index is 0.326. The van der Waals surface area contributed by atoms with E-state index in [1.54, 1.807) is 0 Å². The summed E-state index contributed by atoms with van der Waals surface area (Å²) in [5.41, 5.74) is -0.326. The van der Waals surface area contributed by atoms with Gasteiger partial charge in [0.2, 0.25) is 0 Å². The van der Waals surface area contributed by atoms with Crippen LogP contribution in [0.3, 0.4) is 0 Å². The summed E-state index contributed by atoms with van der Waals surface area (Å²) in [6, 6.07) is 4.00. The lowest BCUT2D eigenvalue weighted by Gasteiger charge is -2.46. The molecular weight excluding hydrogens is 250 g/mol. The Morgan fingerprint density at radius 1 is 1.50 bits per heavy atom. The summed E-state index contributed by atoms with van der Waals surface area (Å²) < 4.78 is 5.61. The summed E-state index contributed by atoms with van der Waals surface area (Å²) in [5, 5.41) is 13.2. The fourth-order valence-electron chi connectivity index (χ4n) is 3.85. The lowest BCUT2D eigenvalue weighted by atomic mass is 9.78. The second-order valence-electron chi connectivity index (χ2n) is 6.62. The van der Waals surface area contributed by atoms with E-state index in [0.717, 1.165) is 45.4 Å². The number of nitrogens with one attached hydrogen (secondary N) is 1. The molecule has 0 aromatic rings. The maximum atomic E-state index is 9.67. The highest BCUT2D eigenvalue weighted by Gasteiger charge is 2.40. The zero-order valence-electron chi connectivity index (χ0n) is 13.2. The Bertz CT molecular complexity index is 352. The van der Waals surface area contributed by atoms with E-state index in [-0.39, 0.29) is 5.54 Å². The molecule has 0 spiro atoms. The Hall–Kier alpha value is -0.630. The van der Waals surface area contributed by atoms with Crippen molar-refractivity contribution in [2.75, 3.05) is 19.8 Å². The third kappa shape index (κ3) is 3.52. The molecule has 1 saturated carbocycles. The average molecular weight is 279 g/mol. The van der Waals surface area contributed by atoms with Gasteiger partial charge in [-0.15, -0.1) is 0 Å². The van der Waals surface area contributed by atoms with Crippen molar-refractivity contribution in [3.05, 3.63) is 0 Å². The van der Waals surface area contributed by atoms with Gasteiger partial charge in [0, 0.05) is 24.7 Å². The molecule has 0 aromatic carbocycles. The Morgan fingerprint density at radius 3 is 2.95 bits per heavy atom. The highest BCUT2D eigenvalue weighted by atomic mass is 16.5. The van der Waals surface area contributed by atoms with Gasteiger partial charge in [0.05, 0.1) is 19.3 Å². The smallest absolute Gasteiger partial charge is 0.108 e. The highest BCUT2D eigenvalue weighted by molar-refractivity contribution is 5.12. The van der Waals surface area contributed by atoms with Crippen LogP contribution >= 0.6 is 0 Å². The Labute approximate surface area is 123 Å². The number of hydrogen-bond donors (Lipinski definition) is 1. The van der Waals surface area contributed by atoms with Crippen molar-refractivity contribution in [2.24, 2.45) is 0 Å². The number of morpholine rings is 1. The monoisotopic (exact) mass is 279 g/mol. The van der Waals surface area contributed by atoms with Gasteiger partial charge >= 0.3 is 0 Å². The maximum Gasteiger partial charge on any atom is 0.108 e. The van der Waals surface area contributed by atoms with Crippen LogP contribution < -0.4 is 5.32 Å². The second kappa shape index (κ2) is 6.89. The molecule has 4 heteroatoms. The molecule has 2 aliphatic rings. The maximum absolute atomic E-state index is 9.67. The van der Waals surface area contributed by atoms with Crippen LogP contribution in [0.1, 0.15) is 52.9 Å². The molecule has 2 rings (SSSR count). The van der Waals surface area contributed by atoms with Gasteiger partial charge in [0.15, 0.2) is 0 Å². The molecule has 0 aromatic heterocycles. The lowest BCUT2D eigenvalue weighted by Crippen LogP contribution is -2.58. The molecule has 1 saturated heterocycles. The number of nitrogens with zero attached hydrogens (tertiary/aromatic N) is 2. The van der Waals surface area contributed by atoms with E-state index in [4.69, 9.17) is 4.74 Å². The van der Waals surface area contributed by atoms with Gasteiger partial charge in [-0.3, -0.25) is 10.2 Å². The number of ether oxygens (including phenoxy) is 1. The third-order valence-electron chi connectivity index (χ3n) is 4.72. The summed E-state index contributed by atoms with van der Waals surface area (Å²) in [6.45, 7) is 9.21. The minimum atomic E-state index is -0.326. The van der Waals surface area contributed by atoms with Crippen molar-refractivity contribution in [3.8, 4) is 6.07 Å². The molecular formula is C16H29N3O. The molecule has 114 valence electrons. The number of hydrogen-bond acceptors (Lipinski definition) is 4. The number of rotatable bonds is 4. The summed E-state index contributed by atoms with van der Waals surface area (Å²) in [6.07, 6.45) is 5.44. The second-order valence-corrected chi connectivity index (χ2v) is 6.62. The van der Waals surface area contributed by atoms with Crippen LogP contribution in [-0.4, -0.2) is 48.3 Å². The molecule has 3 atom stereocenters. The van der Waals surface area contributed by atoms with Gasteiger partial charge in [-0.05, 0) is 46.0 Å². The zero-order chi connectivity index (χ0) is 14.6. The van der Waals surface area contributed by atoms with Crippen LogP contribution in [-0.2, 0) is 4.74 Å². The molecule has 1 N–H and O–H groups in total. The van der Waals surface area contributed by atoms with E-state index in [9.17, 15) is 5.26 Å². The molecule has 1 heterocycles. The topological polar surface area (TPSA) is 48.3 Å². The van der Waals surface area contributed by atoms with Gasteiger partial charge in [-0.1, -0.05) is 6.92 Å². The first-order valence-corrected chi connectivity index (χ1v) is 8.12. The molecule has 20 heavy (non-hydrogen) atoms. The van der Waals surface area contributed by atoms with E-state index in [2.05, 4.69) is 37.1 Å². The van der Waals surface area contributed by atoms with Crippen molar-refractivity contribution in [2.45, 2.75) is 76.5 Å². The summed E-state index contributed by atoms with van der Waals surface area (Å²) in [5.74, 6) is 0. The largest absolute Gasteiger partial charge is 0.378 e. The van der Waals surface area contributed by atoms with Crippen LogP contribution in [0.15, 0.2) is 0 Å². The number of nitriles is 1. The first-order chi connectivity index (χ1) is 9.60.